The number of hydrogen-bond donors (Lipinski definition) is 1. The molecule has 2 N–H and O–H groups in total. The number of aryl methyl sites for hydroxylation is 1. The van der Waals surface area contributed by atoms with Crippen molar-refractivity contribution >= 4 is 23.6 Å². The number of aliphatic imine (C=N–C) groups is 1. The molecule has 2 aromatic rings. The second-order valence-corrected chi connectivity index (χ2v) is 9.49. The Morgan fingerprint density at radius 2 is 1.74 bits per heavy atom. The first kappa shape index (κ1) is 22.6. The molecule has 0 aromatic heterocycles. The molecule has 7 heteroatoms. The molecule has 1 amide bonds. The highest BCUT2D eigenvalue weighted by Crippen LogP contribution is 2.49. The first-order valence-corrected chi connectivity index (χ1v) is 12.1. The van der Waals surface area contributed by atoms with Gasteiger partial charge in [0, 0.05) is 29.3 Å². The van der Waals surface area contributed by atoms with Crippen molar-refractivity contribution in [3.63, 3.8) is 0 Å². The zero-order chi connectivity index (χ0) is 23.9. The second kappa shape index (κ2) is 8.87. The van der Waals surface area contributed by atoms with Gasteiger partial charge >= 0.3 is 0 Å². The number of benzene rings is 2. The van der Waals surface area contributed by atoms with E-state index < -0.39 is 11.5 Å². The van der Waals surface area contributed by atoms with Crippen molar-refractivity contribution in [1.29, 1.82) is 0 Å². The number of likely N-dealkylation sites (tertiary alicyclic amines) is 1. The fourth-order valence-corrected chi connectivity index (χ4v) is 5.46. The first-order valence-electron chi connectivity index (χ1n) is 12.1. The van der Waals surface area contributed by atoms with Crippen LogP contribution in [0.3, 0.4) is 0 Å². The molecule has 1 fully saturated rings. The van der Waals surface area contributed by atoms with Crippen LogP contribution in [-0.2, 0) is 16.8 Å². The minimum Gasteiger partial charge on any atom is -0.486 e. The van der Waals surface area contributed by atoms with E-state index in [-0.39, 0.29) is 17.6 Å². The van der Waals surface area contributed by atoms with E-state index in [1.165, 1.54) is 5.56 Å². The number of fused-ring (bicyclic) bond motifs is 2. The van der Waals surface area contributed by atoms with E-state index in [4.69, 9.17) is 20.2 Å². The number of ketones is 1. The molecule has 1 unspecified atom stereocenters. The number of nitrogens with zero attached hydrogens (tertiary/aromatic N) is 2. The molecule has 178 valence electrons. The average molecular weight is 462 g/mol. The van der Waals surface area contributed by atoms with Gasteiger partial charge in [-0.3, -0.25) is 19.5 Å². The minimum atomic E-state index is -0.657. The summed E-state index contributed by atoms with van der Waals surface area (Å²) in [5.74, 6) is 0.522. The Kier molecular flexibility index (Phi) is 5.90. The largest absolute Gasteiger partial charge is 0.486 e. The summed E-state index contributed by atoms with van der Waals surface area (Å²) in [6, 6.07) is 11.7. The lowest BCUT2D eigenvalue weighted by Crippen LogP contribution is -2.56. The van der Waals surface area contributed by atoms with Gasteiger partial charge in [0.2, 0.25) is 5.91 Å². The SMILES string of the molecule is CCc1ccc(C(=O)C2C=Nc3cc4c(cc3[C@]2(C)N2CCC(C(N)=O)CC2)OCCO4)cc1. The number of Topliss-reactive ketones (excluding diaryl/α,β-unsaturated/α-hetero) is 1. The molecule has 0 saturated carbocycles. The van der Waals surface area contributed by atoms with Crippen molar-refractivity contribution in [3.8, 4) is 11.5 Å². The third-order valence-corrected chi connectivity index (χ3v) is 7.66. The van der Waals surface area contributed by atoms with Gasteiger partial charge in [0.25, 0.3) is 0 Å². The molecule has 3 heterocycles. The van der Waals surface area contributed by atoms with Crippen LogP contribution in [0.15, 0.2) is 41.4 Å². The predicted octanol–water partition coefficient (Wildman–Crippen LogP) is 3.65. The number of primary amides is 1. The van der Waals surface area contributed by atoms with E-state index >= 15 is 0 Å². The highest BCUT2D eigenvalue weighted by atomic mass is 16.6. The number of hydrogen-bond acceptors (Lipinski definition) is 6. The summed E-state index contributed by atoms with van der Waals surface area (Å²) in [7, 11) is 0. The van der Waals surface area contributed by atoms with E-state index in [1.807, 2.05) is 36.4 Å². The van der Waals surface area contributed by atoms with Gasteiger partial charge in [-0.05, 0) is 50.9 Å². The quantitative estimate of drug-likeness (QED) is 0.686. The molecule has 3 aliphatic rings. The lowest BCUT2D eigenvalue weighted by atomic mass is 9.71. The molecular weight excluding hydrogens is 430 g/mol. The maximum absolute atomic E-state index is 13.9. The van der Waals surface area contributed by atoms with Crippen molar-refractivity contribution in [3.05, 3.63) is 53.1 Å². The monoisotopic (exact) mass is 461 g/mol. The Bertz CT molecular complexity index is 1140. The average Bonchev–Trinajstić information content (AvgIpc) is 2.87. The molecule has 34 heavy (non-hydrogen) atoms. The van der Waals surface area contributed by atoms with Crippen LogP contribution in [-0.4, -0.2) is 49.1 Å². The van der Waals surface area contributed by atoms with E-state index in [2.05, 4.69) is 18.7 Å². The summed E-state index contributed by atoms with van der Waals surface area (Å²) in [4.78, 5) is 32.7. The van der Waals surface area contributed by atoms with Gasteiger partial charge in [0.1, 0.15) is 13.2 Å². The summed E-state index contributed by atoms with van der Waals surface area (Å²) in [6.45, 7) is 6.54. The fourth-order valence-electron chi connectivity index (χ4n) is 5.46. The smallest absolute Gasteiger partial charge is 0.220 e. The number of nitrogens with two attached hydrogens (primary N) is 1. The van der Waals surface area contributed by atoms with Crippen molar-refractivity contribution < 1.29 is 19.1 Å². The molecule has 1 saturated heterocycles. The second-order valence-electron chi connectivity index (χ2n) is 9.49. The topological polar surface area (TPSA) is 94.2 Å². The Morgan fingerprint density at radius 3 is 2.35 bits per heavy atom. The molecule has 2 atom stereocenters. The van der Waals surface area contributed by atoms with Crippen molar-refractivity contribution in [2.24, 2.45) is 22.6 Å². The van der Waals surface area contributed by atoms with Gasteiger partial charge in [-0.15, -0.1) is 0 Å². The van der Waals surface area contributed by atoms with Gasteiger partial charge in [-0.1, -0.05) is 31.2 Å². The molecule has 0 aliphatic carbocycles. The van der Waals surface area contributed by atoms with Gasteiger partial charge < -0.3 is 15.2 Å². The van der Waals surface area contributed by atoms with Crippen LogP contribution in [0.4, 0.5) is 5.69 Å². The van der Waals surface area contributed by atoms with Crippen molar-refractivity contribution in [2.45, 2.75) is 38.6 Å². The van der Waals surface area contributed by atoms with Gasteiger partial charge in [-0.2, -0.15) is 0 Å². The third-order valence-electron chi connectivity index (χ3n) is 7.66. The highest BCUT2D eigenvalue weighted by molar-refractivity contribution is 6.08. The fraction of sp³-hybridized carbons (Fsp3) is 0.444. The summed E-state index contributed by atoms with van der Waals surface area (Å²) in [6.07, 6.45) is 4.06. The summed E-state index contributed by atoms with van der Waals surface area (Å²) >= 11 is 0. The molecule has 0 spiro atoms. The van der Waals surface area contributed by atoms with Crippen LogP contribution in [0.2, 0.25) is 0 Å². The maximum Gasteiger partial charge on any atom is 0.220 e. The van der Waals surface area contributed by atoms with Gasteiger partial charge in [0.15, 0.2) is 17.3 Å². The van der Waals surface area contributed by atoms with Gasteiger partial charge in [0.05, 0.1) is 17.1 Å². The number of carbonyl (C=O) groups excluding carboxylic acids is 2. The first-order chi connectivity index (χ1) is 16.4. The summed E-state index contributed by atoms with van der Waals surface area (Å²) in [5.41, 5.74) is 8.53. The zero-order valence-electron chi connectivity index (χ0n) is 19.8. The van der Waals surface area contributed by atoms with E-state index in [0.29, 0.717) is 56.2 Å². The predicted molar refractivity (Wildman–Crippen MR) is 130 cm³/mol. The summed E-state index contributed by atoms with van der Waals surface area (Å²) in [5, 5.41) is 0. The number of amides is 1. The number of ether oxygens (including phenoxy) is 2. The highest BCUT2D eigenvalue weighted by Gasteiger charge is 2.49. The molecule has 0 bridgehead atoms. The van der Waals surface area contributed by atoms with E-state index in [1.54, 1.807) is 6.21 Å². The number of rotatable bonds is 5. The molecule has 2 aromatic carbocycles. The Hall–Kier alpha value is -3.19. The number of carbonyl (C=O) groups is 2. The molecule has 3 aliphatic heterocycles. The molecule has 5 rings (SSSR count). The van der Waals surface area contributed by atoms with Crippen LogP contribution < -0.4 is 15.2 Å². The van der Waals surface area contributed by atoms with E-state index in [0.717, 1.165) is 17.7 Å². The normalized spacial score (nSPS) is 24.5. The zero-order valence-corrected chi connectivity index (χ0v) is 19.8. The van der Waals surface area contributed by atoms with Gasteiger partial charge in [-0.25, -0.2) is 0 Å². The van der Waals surface area contributed by atoms with E-state index in [9.17, 15) is 9.59 Å². The van der Waals surface area contributed by atoms with Crippen LogP contribution in [0.5, 0.6) is 11.5 Å². The Balaban J connectivity index is 1.57. The lowest BCUT2D eigenvalue weighted by Gasteiger charge is -2.49. The molecule has 7 nitrogen and oxygen atoms in total. The summed E-state index contributed by atoms with van der Waals surface area (Å²) < 4.78 is 11.7. The lowest BCUT2D eigenvalue weighted by molar-refractivity contribution is -0.123. The Labute approximate surface area is 199 Å². The third kappa shape index (κ3) is 3.78. The van der Waals surface area contributed by atoms with Crippen LogP contribution in [0.1, 0.15) is 48.2 Å². The number of piperidine rings is 1. The van der Waals surface area contributed by atoms with Crippen LogP contribution >= 0.6 is 0 Å². The molecule has 0 radical (unpaired) electrons. The maximum atomic E-state index is 13.9. The van der Waals surface area contributed by atoms with Crippen LogP contribution in [0, 0.1) is 11.8 Å². The molecular formula is C27H31N3O4. The standard InChI is InChI=1S/C27H31N3O4/c1-3-17-4-6-18(7-5-17)25(31)21-16-29-22-15-24-23(33-12-13-34-24)14-20(22)27(21,2)30-10-8-19(9-11-30)26(28)32/h4-7,14-16,19,21H,3,8-13H2,1-2H3,(H2,28,32)/t21?,27-/m0/s1. The Morgan fingerprint density at radius 1 is 1.09 bits per heavy atom. The minimum absolute atomic E-state index is 0.0338. The van der Waals surface area contributed by atoms with Crippen molar-refractivity contribution in [1.82, 2.24) is 4.90 Å². The van der Waals surface area contributed by atoms with Crippen molar-refractivity contribution in [2.75, 3.05) is 26.3 Å². The van der Waals surface area contributed by atoms with Crippen LogP contribution in [0.25, 0.3) is 0 Å².